The van der Waals surface area contributed by atoms with Crippen LogP contribution in [-0.2, 0) is 16.4 Å². The molecule has 1 heterocycles. The molecule has 2 aromatic carbocycles. The summed E-state index contributed by atoms with van der Waals surface area (Å²) in [6, 6.07) is 10.5. The predicted molar refractivity (Wildman–Crippen MR) is 98.1 cm³/mol. The minimum Gasteiger partial charge on any atom is -0.263 e. The van der Waals surface area contributed by atoms with E-state index in [9.17, 15) is 8.42 Å². The first kappa shape index (κ1) is 17.1. The molecule has 0 amide bonds. The lowest BCUT2D eigenvalue weighted by Gasteiger charge is -2.36. The zero-order valence-electron chi connectivity index (χ0n) is 12.3. The second-order valence-electron chi connectivity index (χ2n) is 5.52. The number of para-hydroxylation sites is 1. The Hall–Kier alpha value is -0.750. The Balaban J connectivity index is 2.21. The molecule has 0 N–H and O–H groups in total. The molecule has 7 heteroatoms. The Bertz CT molecular complexity index is 847. The van der Waals surface area contributed by atoms with Crippen LogP contribution in [-0.4, -0.2) is 14.5 Å². The number of rotatable bonds is 2. The van der Waals surface area contributed by atoms with E-state index in [-0.39, 0.29) is 21.0 Å². The highest BCUT2D eigenvalue weighted by molar-refractivity contribution is 9.10. The van der Waals surface area contributed by atoms with Gasteiger partial charge in [0.05, 0.1) is 15.7 Å². The summed E-state index contributed by atoms with van der Waals surface area (Å²) in [6.07, 6.45) is 1.60. The topological polar surface area (TPSA) is 37.4 Å². The number of hydrogen-bond acceptors (Lipinski definition) is 2. The third kappa shape index (κ3) is 3.00. The number of nitrogens with zero attached hydrogens (tertiary/aromatic N) is 1. The van der Waals surface area contributed by atoms with Gasteiger partial charge in [-0.2, -0.15) is 0 Å². The first-order valence-electron chi connectivity index (χ1n) is 7.09. The number of halogens is 3. The van der Waals surface area contributed by atoms with E-state index >= 15 is 0 Å². The molecule has 122 valence electrons. The van der Waals surface area contributed by atoms with Crippen molar-refractivity contribution >= 4 is 54.8 Å². The standard InChI is InChI=1S/C16H14BrCl2NO2S/c1-10-6-7-11-4-2-3-5-15(11)20(10)23(21,22)16-13(18)8-12(17)9-14(16)19/h2-5,8-10H,6-7H2,1H3. The summed E-state index contributed by atoms with van der Waals surface area (Å²) in [5.74, 6) is 0. The molecule has 3 rings (SSSR count). The van der Waals surface area contributed by atoms with Crippen LogP contribution in [0.5, 0.6) is 0 Å². The van der Waals surface area contributed by atoms with Crippen LogP contribution in [0.1, 0.15) is 18.9 Å². The van der Waals surface area contributed by atoms with E-state index in [1.54, 1.807) is 12.1 Å². The summed E-state index contributed by atoms with van der Waals surface area (Å²) < 4.78 is 28.6. The minimum absolute atomic E-state index is 0.0485. The van der Waals surface area contributed by atoms with E-state index < -0.39 is 10.0 Å². The van der Waals surface area contributed by atoms with Gasteiger partial charge in [-0.1, -0.05) is 57.3 Å². The zero-order chi connectivity index (χ0) is 16.8. The second-order valence-corrected chi connectivity index (χ2v) is 9.00. The molecule has 0 saturated carbocycles. The number of benzene rings is 2. The van der Waals surface area contributed by atoms with Gasteiger partial charge in [-0.3, -0.25) is 4.31 Å². The van der Waals surface area contributed by atoms with Crippen molar-refractivity contribution in [1.82, 2.24) is 0 Å². The van der Waals surface area contributed by atoms with E-state index in [4.69, 9.17) is 23.2 Å². The molecule has 1 aliphatic rings. The number of anilines is 1. The van der Waals surface area contributed by atoms with Crippen LogP contribution < -0.4 is 4.31 Å². The van der Waals surface area contributed by atoms with Gasteiger partial charge in [-0.15, -0.1) is 0 Å². The molecule has 1 atom stereocenters. The van der Waals surface area contributed by atoms with Crippen LogP contribution in [0, 0.1) is 0 Å². The maximum Gasteiger partial charge on any atom is 0.267 e. The Kier molecular flexibility index (Phi) is 4.67. The summed E-state index contributed by atoms with van der Waals surface area (Å²) >= 11 is 15.7. The van der Waals surface area contributed by atoms with Gasteiger partial charge in [0.25, 0.3) is 10.0 Å². The molecule has 0 fully saturated rings. The molecular weight excluding hydrogens is 421 g/mol. The minimum atomic E-state index is -3.85. The molecule has 0 bridgehead atoms. The van der Waals surface area contributed by atoms with E-state index in [0.717, 1.165) is 18.4 Å². The number of hydrogen-bond donors (Lipinski definition) is 0. The van der Waals surface area contributed by atoms with Crippen molar-refractivity contribution in [2.24, 2.45) is 0 Å². The molecule has 1 aliphatic heterocycles. The van der Waals surface area contributed by atoms with Gasteiger partial charge in [0.1, 0.15) is 4.90 Å². The Morgan fingerprint density at radius 1 is 1.17 bits per heavy atom. The number of fused-ring (bicyclic) bond motifs is 1. The lowest BCUT2D eigenvalue weighted by molar-refractivity contribution is 0.563. The third-order valence-electron chi connectivity index (χ3n) is 3.94. The summed E-state index contributed by atoms with van der Waals surface area (Å²) in [6.45, 7) is 1.90. The fraction of sp³-hybridized carbons (Fsp3) is 0.250. The van der Waals surface area contributed by atoms with Gasteiger partial charge in [0.2, 0.25) is 0 Å². The molecule has 2 aromatic rings. The monoisotopic (exact) mass is 433 g/mol. The smallest absolute Gasteiger partial charge is 0.263 e. The van der Waals surface area contributed by atoms with Crippen LogP contribution in [0.2, 0.25) is 10.0 Å². The highest BCUT2D eigenvalue weighted by Gasteiger charge is 2.36. The highest BCUT2D eigenvalue weighted by Crippen LogP contribution is 2.40. The van der Waals surface area contributed by atoms with Crippen molar-refractivity contribution in [3.05, 3.63) is 56.5 Å². The van der Waals surface area contributed by atoms with Gasteiger partial charge in [0, 0.05) is 10.5 Å². The van der Waals surface area contributed by atoms with Crippen molar-refractivity contribution in [3.8, 4) is 0 Å². The van der Waals surface area contributed by atoms with Crippen molar-refractivity contribution in [2.45, 2.75) is 30.7 Å². The van der Waals surface area contributed by atoms with Gasteiger partial charge in [-0.05, 0) is 43.5 Å². The van der Waals surface area contributed by atoms with Crippen LogP contribution >= 0.6 is 39.1 Å². The van der Waals surface area contributed by atoms with Crippen molar-refractivity contribution < 1.29 is 8.42 Å². The lowest BCUT2D eigenvalue weighted by atomic mass is 9.99. The lowest BCUT2D eigenvalue weighted by Crippen LogP contribution is -2.42. The summed E-state index contributed by atoms with van der Waals surface area (Å²) in [5.41, 5.74) is 1.71. The SMILES string of the molecule is CC1CCc2ccccc2N1S(=O)(=O)c1c(Cl)cc(Br)cc1Cl. The third-order valence-corrected chi connectivity index (χ3v) is 7.25. The predicted octanol–water partition coefficient (Wildman–Crippen LogP) is 5.29. The molecule has 1 unspecified atom stereocenters. The number of aryl methyl sites for hydroxylation is 1. The van der Waals surface area contributed by atoms with E-state index in [1.807, 2.05) is 31.2 Å². The quantitative estimate of drug-likeness (QED) is 0.644. The van der Waals surface area contributed by atoms with Crippen molar-refractivity contribution in [3.63, 3.8) is 0 Å². The van der Waals surface area contributed by atoms with Gasteiger partial charge in [0.15, 0.2) is 0 Å². The molecule has 0 saturated heterocycles. The maximum absolute atomic E-state index is 13.3. The maximum atomic E-state index is 13.3. The fourth-order valence-corrected chi connectivity index (χ4v) is 6.51. The Morgan fingerprint density at radius 3 is 2.43 bits per heavy atom. The van der Waals surface area contributed by atoms with E-state index in [0.29, 0.717) is 10.2 Å². The van der Waals surface area contributed by atoms with Crippen LogP contribution in [0.4, 0.5) is 5.69 Å². The molecular formula is C16H14BrCl2NO2S. The molecule has 0 spiro atoms. The summed E-state index contributed by atoms with van der Waals surface area (Å²) in [4.78, 5) is -0.0485. The normalized spacial score (nSPS) is 17.9. The first-order valence-corrected chi connectivity index (χ1v) is 10.1. The van der Waals surface area contributed by atoms with Gasteiger partial charge in [-0.25, -0.2) is 8.42 Å². The largest absolute Gasteiger partial charge is 0.267 e. The average Bonchev–Trinajstić information content (AvgIpc) is 2.45. The molecule has 23 heavy (non-hydrogen) atoms. The van der Waals surface area contributed by atoms with Gasteiger partial charge < -0.3 is 0 Å². The summed E-state index contributed by atoms with van der Waals surface area (Å²) in [7, 11) is -3.85. The van der Waals surface area contributed by atoms with Crippen LogP contribution in [0.15, 0.2) is 45.8 Å². The molecule has 0 aliphatic carbocycles. The average molecular weight is 435 g/mol. The highest BCUT2D eigenvalue weighted by atomic mass is 79.9. The van der Waals surface area contributed by atoms with Crippen LogP contribution in [0.3, 0.4) is 0 Å². The van der Waals surface area contributed by atoms with Crippen molar-refractivity contribution in [1.29, 1.82) is 0 Å². The number of sulfonamides is 1. The Labute approximate surface area is 154 Å². The van der Waals surface area contributed by atoms with Gasteiger partial charge >= 0.3 is 0 Å². The fourth-order valence-electron chi connectivity index (χ4n) is 2.90. The molecule has 3 nitrogen and oxygen atoms in total. The van der Waals surface area contributed by atoms with Crippen LogP contribution in [0.25, 0.3) is 0 Å². The van der Waals surface area contributed by atoms with E-state index in [2.05, 4.69) is 15.9 Å². The molecule has 0 aromatic heterocycles. The Morgan fingerprint density at radius 2 is 1.78 bits per heavy atom. The second kappa shape index (κ2) is 6.28. The first-order chi connectivity index (χ1) is 10.8. The van der Waals surface area contributed by atoms with Crippen molar-refractivity contribution in [2.75, 3.05) is 4.31 Å². The summed E-state index contributed by atoms with van der Waals surface area (Å²) in [5, 5.41) is 0.222. The zero-order valence-corrected chi connectivity index (χ0v) is 16.2. The molecule has 0 radical (unpaired) electrons. The van der Waals surface area contributed by atoms with E-state index in [1.165, 1.54) is 4.31 Å².